The predicted octanol–water partition coefficient (Wildman–Crippen LogP) is 1.66. The Hall–Kier alpha value is -2.50. The highest BCUT2D eigenvalue weighted by molar-refractivity contribution is 5.80. The lowest BCUT2D eigenvalue weighted by atomic mass is 10.3. The van der Waals surface area contributed by atoms with Gasteiger partial charge in [-0.15, -0.1) is 0 Å². The number of aromatic nitrogens is 3. The first-order valence-electron chi connectivity index (χ1n) is 5.47. The minimum absolute atomic E-state index is 0.439. The van der Waals surface area contributed by atoms with Gasteiger partial charge < -0.3 is 19.6 Å². The van der Waals surface area contributed by atoms with Crippen LogP contribution in [0.25, 0.3) is 11.0 Å². The second kappa shape index (κ2) is 4.06. The van der Waals surface area contributed by atoms with E-state index in [2.05, 4.69) is 10.1 Å². The second-order valence-corrected chi connectivity index (χ2v) is 3.89. The maximum atomic E-state index is 5.91. The van der Waals surface area contributed by atoms with E-state index in [9.17, 15) is 0 Å². The molecule has 3 rings (SSSR count). The molecule has 2 aromatic heterocycles. The van der Waals surface area contributed by atoms with Gasteiger partial charge in [-0.3, -0.25) is 0 Å². The van der Waals surface area contributed by atoms with Crippen LogP contribution in [0.4, 0.5) is 5.95 Å². The Balaban J connectivity index is 2.08. The Labute approximate surface area is 103 Å². The Morgan fingerprint density at radius 2 is 2.28 bits per heavy atom. The van der Waals surface area contributed by atoms with E-state index in [4.69, 9.17) is 15.0 Å². The van der Waals surface area contributed by atoms with Crippen LogP contribution in [0.15, 0.2) is 35.0 Å². The van der Waals surface area contributed by atoms with Gasteiger partial charge in [0, 0.05) is 12.1 Å². The molecular formula is C12H12N4O2. The van der Waals surface area contributed by atoms with E-state index in [-0.39, 0.29) is 0 Å². The number of anilines is 1. The molecule has 0 aliphatic carbocycles. The quantitative estimate of drug-likeness (QED) is 0.758. The normalized spacial score (nSPS) is 10.9. The van der Waals surface area contributed by atoms with E-state index in [1.54, 1.807) is 19.4 Å². The van der Waals surface area contributed by atoms with Crippen molar-refractivity contribution >= 4 is 17.0 Å². The van der Waals surface area contributed by atoms with Crippen molar-refractivity contribution in [3.63, 3.8) is 0 Å². The molecule has 2 heterocycles. The standard InChI is InChI=1S/C12H12N4O2/c1-17-8-2-3-11-10(6-8)15-12(13)16(11)7-9-4-5-14-18-9/h2-6H,7H2,1H3,(H2,13,15). The van der Waals surface area contributed by atoms with Crippen LogP contribution in [-0.2, 0) is 6.54 Å². The molecule has 0 bridgehead atoms. The number of benzene rings is 1. The van der Waals surface area contributed by atoms with Crippen molar-refractivity contribution in [2.45, 2.75) is 6.54 Å². The number of imidazole rings is 1. The van der Waals surface area contributed by atoms with Gasteiger partial charge in [-0.2, -0.15) is 0 Å². The summed E-state index contributed by atoms with van der Waals surface area (Å²) >= 11 is 0. The van der Waals surface area contributed by atoms with Crippen molar-refractivity contribution in [1.29, 1.82) is 0 Å². The van der Waals surface area contributed by atoms with Crippen LogP contribution < -0.4 is 10.5 Å². The summed E-state index contributed by atoms with van der Waals surface area (Å²) in [6, 6.07) is 7.45. The number of ether oxygens (including phenoxy) is 1. The van der Waals surface area contributed by atoms with Gasteiger partial charge in [-0.05, 0) is 12.1 Å². The van der Waals surface area contributed by atoms with E-state index in [1.165, 1.54) is 0 Å². The van der Waals surface area contributed by atoms with Crippen molar-refractivity contribution in [3.05, 3.63) is 36.2 Å². The maximum Gasteiger partial charge on any atom is 0.201 e. The number of hydrogen-bond donors (Lipinski definition) is 1. The lowest BCUT2D eigenvalue weighted by Crippen LogP contribution is -2.03. The molecule has 18 heavy (non-hydrogen) atoms. The number of nitrogens with two attached hydrogens (primary N) is 1. The molecule has 0 radical (unpaired) electrons. The molecule has 2 N–H and O–H groups in total. The summed E-state index contributed by atoms with van der Waals surface area (Å²) in [4.78, 5) is 4.30. The minimum atomic E-state index is 0.439. The van der Waals surface area contributed by atoms with Crippen molar-refractivity contribution < 1.29 is 9.26 Å². The minimum Gasteiger partial charge on any atom is -0.497 e. The van der Waals surface area contributed by atoms with Gasteiger partial charge in [-0.1, -0.05) is 5.16 Å². The zero-order valence-electron chi connectivity index (χ0n) is 9.83. The largest absolute Gasteiger partial charge is 0.497 e. The number of nitrogens with zero attached hydrogens (tertiary/aromatic N) is 3. The monoisotopic (exact) mass is 244 g/mol. The van der Waals surface area contributed by atoms with Gasteiger partial charge in [0.1, 0.15) is 5.75 Å². The molecule has 0 saturated carbocycles. The Kier molecular flexibility index (Phi) is 2.40. The predicted molar refractivity (Wildman–Crippen MR) is 66.3 cm³/mol. The Morgan fingerprint density at radius 1 is 1.39 bits per heavy atom. The number of methoxy groups -OCH3 is 1. The van der Waals surface area contributed by atoms with Crippen LogP contribution in [0.5, 0.6) is 5.75 Å². The summed E-state index contributed by atoms with van der Waals surface area (Å²) in [6.07, 6.45) is 1.60. The summed E-state index contributed by atoms with van der Waals surface area (Å²) < 4.78 is 12.1. The topological polar surface area (TPSA) is 79.1 Å². The molecule has 0 amide bonds. The van der Waals surface area contributed by atoms with Crippen molar-refractivity contribution in [2.75, 3.05) is 12.8 Å². The molecule has 0 unspecified atom stereocenters. The summed E-state index contributed by atoms with van der Waals surface area (Å²) in [7, 11) is 1.62. The van der Waals surface area contributed by atoms with Crippen LogP contribution in [0.3, 0.4) is 0 Å². The fourth-order valence-corrected chi connectivity index (χ4v) is 1.90. The number of fused-ring (bicyclic) bond motifs is 1. The second-order valence-electron chi connectivity index (χ2n) is 3.89. The van der Waals surface area contributed by atoms with Crippen LogP contribution in [0, 0.1) is 0 Å². The molecule has 0 aliphatic heterocycles. The molecule has 0 aliphatic rings. The van der Waals surface area contributed by atoms with E-state index >= 15 is 0 Å². The third kappa shape index (κ3) is 1.67. The summed E-state index contributed by atoms with van der Waals surface area (Å²) in [5.41, 5.74) is 7.64. The van der Waals surface area contributed by atoms with Gasteiger partial charge in [0.2, 0.25) is 5.95 Å². The van der Waals surface area contributed by atoms with Crippen LogP contribution in [-0.4, -0.2) is 21.8 Å². The molecule has 6 heteroatoms. The first kappa shape index (κ1) is 10.6. The average molecular weight is 244 g/mol. The molecule has 0 atom stereocenters. The highest BCUT2D eigenvalue weighted by atomic mass is 16.5. The fourth-order valence-electron chi connectivity index (χ4n) is 1.90. The highest BCUT2D eigenvalue weighted by Gasteiger charge is 2.10. The highest BCUT2D eigenvalue weighted by Crippen LogP contribution is 2.23. The molecule has 0 fully saturated rings. The summed E-state index contributed by atoms with van der Waals surface area (Å²) in [5.74, 6) is 1.93. The first-order valence-corrected chi connectivity index (χ1v) is 5.47. The average Bonchev–Trinajstić information content (AvgIpc) is 2.98. The van der Waals surface area contributed by atoms with Crippen molar-refractivity contribution in [2.24, 2.45) is 0 Å². The molecule has 0 saturated heterocycles. The number of hydrogen-bond acceptors (Lipinski definition) is 5. The molecule has 6 nitrogen and oxygen atoms in total. The van der Waals surface area contributed by atoms with E-state index in [0.29, 0.717) is 12.5 Å². The van der Waals surface area contributed by atoms with E-state index in [0.717, 1.165) is 22.5 Å². The SMILES string of the molecule is COc1ccc2c(c1)nc(N)n2Cc1ccno1. The van der Waals surface area contributed by atoms with Crippen LogP contribution in [0.1, 0.15) is 5.76 Å². The van der Waals surface area contributed by atoms with Gasteiger partial charge in [-0.25, -0.2) is 4.98 Å². The van der Waals surface area contributed by atoms with E-state index in [1.807, 2.05) is 22.8 Å². The lowest BCUT2D eigenvalue weighted by molar-refractivity contribution is 0.378. The lowest BCUT2D eigenvalue weighted by Gasteiger charge is -2.03. The zero-order chi connectivity index (χ0) is 12.5. The molecule has 92 valence electrons. The fraction of sp³-hybridized carbons (Fsp3) is 0.167. The molecule has 1 aromatic carbocycles. The maximum absolute atomic E-state index is 5.91. The van der Waals surface area contributed by atoms with Crippen molar-refractivity contribution in [3.8, 4) is 5.75 Å². The number of rotatable bonds is 3. The first-order chi connectivity index (χ1) is 8.78. The smallest absolute Gasteiger partial charge is 0.201 e. The summed E-state index contributed by atoms with van der Waals surface area (Å²) in [6.45, 7) is 0.509. The Morgan fingerprint density at radius 3 is 3.00 bits per heavy atom. The van der Waals surface area contributed by atoms with Crippen LogP contribution >= 0.6 is 0 Å². The van der Waals surface area contributed by atoms with Gasteiger partial charge >= 0.3 is 0 Å². The third-order valence-electron chi connectivity index (χ3n) is 2.79. The zero-order valence-corrected chi connectivity index (χ0v) is 9.83. The van der Waals surface area contributed by atoms with Crippen LogP contribution in [0.2, 0.25) is 0 Å². The molecular weight excluding hydrogens is 232 g/mol. The Bertz CT molecular complexity index is 673. The summed E-state index contributed by atoms with van der Waals surface area (Å²) in [5, 5.41) is 3.67. The molecule has 0 spiro atoms. The van der Waals surface area contributed by atoms with Gasteiger partial charge in [0.15, 0.2) is 5.76 Å². The van der Waals surface area contributed by atoms with Crippen molar-refractivity contribution in [1.82, 2.24) is 14.7 Å². The third-order valence-corrected chi connectivity index (χ3v) is 2.79. The molecule has 3 aromatic rings. The number of nitrogen functional groups attached to an aromatic ring is 1. The van der Waals surface area contributed by atoms with Gasteiger partial charge in [0.25, 0.3) is 0 Å². The van der Waals surface area contributed by atoms with E-state index < -0.39 is 0 Å². The van der Waals surface area contributed by atoms with Gasteiger partial charge in [0.05, 0.1) is 30.9 Å².